The quantitative estimate of drug-likeness (QED) is 0.706. The van der Waals surface area contributed by atoms with E-state index in [1.54, 1.807) is 12.1 Å². The number of fused-ring (bicyclic) bond motifs is 1. The normalized spacial score (nSPS) is 10.8. The minimum Gasteiger partial charge on any atom is -0.350 e. The summed E-state index contributed by atoms with van der Waals surface area (Å²) in [7, 11) is 0. The number of carbonyl (C=O) groups is 2. The van der Waals surface area contributed by atoms with E-state index in [-0.39, 0.29) is 23.9 Å². The van der Waals surface area contributed by atoms with Crippen LogP contribution in [0.4, 0.5) is 5.69 Å². The highest BCUT2D eigenvalue weighted by Crippen LogP contribution is 2.25. The minimum atomic E-state index is -0.270. The van der Waals surface area contributed by atoms with Crippen LogP contribution in [0.5, 0.6) is 0 Å². The van der Waals surface area contributed by atoms with E-state index in [0.29, 0.717) is 22.4 Å². The van der Waals surface area contributed by atoms with Crippen LogP contribution in [0.3, 0.4) is 0 Å². The van der Waals surface area contributed by atoms with Gasteiger partial charge >= 0.3 is 0 Å². The fraction of sp³-hybridized carbons (Fsp3) is 0.263. The summed E-state index contributed by atoms with van der Waals surface area (Å²) in [6, 6.07) is 7.19. The lowest BCUT2D eigenvalue weighted by atomic mass is 10.2. The summed E-state index contributed by atoms with van der Waals surface area (Å²) in [6.45, 7) is 5.54. The summed E-state index contributed by atoms with van der Waals surface area (Å²) >= 11 is 1.48. The molecule has 27 heavy (non-hydrogen) atoms. The van der Waals surface area contributed by atoms with Gasteiger partial charge in [0, 0.05) is 24.0 Å². The van der Waals surface area contributed by atoms with E-state index in [9.17, 15) is 14.4 Å². The fourth-order valence-corrected chi connectivity index (χ4v) is 3.69. The molecule has 0 radical (unpaired) electrons. The number of hydrogen-bond donors (Lipinski definition) is 2. The molecule has 0 saturated heterocycles. The first kappa shape index (κ1) is 18.8. The Balaban J connectivity index is 1.65. The molecule has 0 spiro atoms. The zero-order valence-corrected chi connectivity index (χ0v) is 16.1. The number of anilines is 1. The Morgan fingerprint density at radius 2 is 1.89 bits per heavy atom. The van der Waals surface area contributed by atoms with Crippen molar-refractivity contribution in [2.45, 2.75) is 33.9 Å². The molecule has 0 atom stereocenters. The van der Waals surface area contributed by atoms with Gasteiger partial charge in [-0.1, -0.05) is 12.1 Å². The number of aromatic nitrogens is 2. The smallest absolute Gasteiger partial charge is 0.262 e. The van der Waals surface area contributed by atoms with E-state index in [1.807, 2.05) is 26.0 Å². The van der Waals surface area contributed by atoms with E-state index < -0.39 is 0 Å². The number of nitrogens with one attached hydrogen (secondary N) is 2. The molecule has 8 heteroatoms. The van der Waals surface area contributed by atoms with Gasteiger partial charge in [-0.05, 0) is 37.1 Å². The van der Waals surface area contributed by atoms with Crippen molar-refractivity contribution >= 4 is 39.1 Å². The predicted octanol–water partition coefficient (Wildman–Crippen LogP) is 2.35. The third kappa shape index (κ3) is 4.22. The molecule has 0 unspecified atom stereocenters. The van der Waals surface area contributed by atoms with Gasteiger partial charge in [-0.2, -0.15) is 0 Å². The molecule has 0 bridgehead atoms. The molecular weight excluding hydrogens is 364 g/mol. The van der Waals surface area contributed by atoms with Crippen LogP contribution in [-0.2, 0) is 22.7 Å². The van der Waals surface area contributed by atoms with Crippen molar-refractivity contribution in [2.24, 2.45) is 0 Å². The molecule has 0 aliphatic heterocycles. The topological polar surface area (TPSA) is 93.1 Å². The SMILES string of the molecule is CC(=O)Nc1ccc(CNC(=O)Cn2cnc3sc(C)c(C)c3c2=O)cc1. The number of benzene rings is 1. The summed E-state index contributed by atoms with van der Waals surface area (Å²) < 4.78 is 1.33. The van der Waals surface area contributed by atoms with Crippen LogP contribution in [0, 0.1) is 13.8 Å². The molecular formula is C19H20N4O3S. The molecule has 140 valence electrons. The van der Waals surface area contributed by atoms with Crippen LogP contribution in [0.1, 0.15) is 22.9 Å². The minimum absolute atomic E-state index is 0.0833. The first-order valence-electron chi connectivity index (χ1n) is 8.43. The zero-order valence-electron chi connectivity index (χ0n) is 15.3. The lowest BCUT2D eigenvalue weighted by Crippen LogP contribution is -2.32. The molecule has 0 saturated carbocycles. The highest BCUT2D eigenvalue weighted by molar-refractivity contribution is 7.18. The monoisotopic (exact) mass is 384 g/mol. The second-order valence-corrected chi connectivity index (χ2v) is 7.50. The van der Waals surface area contributed by atoms with Crippen LogP contribution >= 0.6 is 11.3 Å². The maximum absolute atomic E-state index is 12.6. The van der Waals surface area contributed by atoms with Crippen molar-refractivity contribution in [1.82, 2.24) is 14.9 Å². The number of hydrogen-bond acceptors (Lipinski definition) is 5. The van der Waals surface area contributed by atoms with Crippen molar-refractivity contribution < 1.29 is 9.59 Å². The molecule has 3 aromatic rings. The van der Waals surface area contributed by atoms with Crippen LogP contribution < -0.4 is 16.2 Å². The number of aryl methyl sites for hydroxylation is 2. The molecule has 2 amide bonds. The van der Waals surface area contributed by atoms with Crippen molar-refractivity contribution in [1.29, 1.82) is 0 Å². The molecule has 0 aliphatic carbocycles. The average Bonchev–Trinajstić information content (AvgIpc) is 2.91. The predicted molar refractivity (Wildman–Crippen MR) is 106 cm³/mol. The number of rotatable bonds is 5. The van der Waals surface area contributed by atoms with Gasteiger partial charge in [-0.15, -0.1) is 11.3 Å². The maximum atomic E-state index is 12.6. The average molecular weight is 384 g/mol. The van der Waals surface area contributed by atoms with Crippen LogP contribution in [0.2, 0.25) is 0 Å². The van der Waals surface area contributed by atoms with Gasteiger partial charge in [0.2, 0.25) is 11.8 Å². The Labute approximate surface area is 160 Å². The van der Waals surface area contributed by atoms with E-state index in [4.69, 9.17) is 0 Å². The number of amides is 2. The van der Waals surface area contributed by atoms with Crippen molar-refractivity contribution in [3.05, 3.63) is 57.0 Å². The lowest BCUT2D eigenvalue weighted by molar-refractivity contribution is -0.122. The number of carbonyl (C=O) groups excluding carboxylic acids is 2. The van der Waals surface area contributed by atoms with Crippen LogP contribution in [0.25, 0.3) is 10.2 Å². The number of thiophene rings is 1. The van der Waals surface area contributed by atoms with Gasteiger partial charge in [-0.3, -0.25) is 19.0 Å². The van der Waals surface area contributed by atoms with Gasteiger partial charge < -0.3 is 10.6 Å². The molecule has 2 N–H and O–H groups in total. The van der Waals surface area contributed by atoms with Gasteiger partial charge in [0.15, 0.2) is 0 Å². The van der Waals surface area contributed by atoms with E-state index >= 15 is 0 Å². The van der Waals surface area contributed by atoms with Gasteiger partial charge in [0.25, 0.3) is 5.56 Å². The second-order valence-electron chi connectivity index (χ2n) is 6.30. The first-order valence-corrected chi connectivity index (χ1v) is 9.25. The van der Waals surface area contributed by atoms with Gasteiger partial charge in [0.1, 0.15) is 11.4 Å². The van der Waals surface area contributed by atoms with E-state index in [2.05, 4.69) is 15.6 Å². The number of nitrogens with zero attached hydrogens (tertiary/aromatic N) is 2. The Bertz CT molecular complexity index is 1070. The second kappa shape index (κ2) is 7.71. The zero-order chi connectivity index (χ0) is 19.6. The molecule has 0 aliphatic rings. The summed E-state index contributed by atoms with van der Waals surface area (Å²) in [5.74, 6) is -0.406. The van der Waals surface area contributed by atoms with Gasteiger partial charge in [-0.25, -0.2) is 4.98 Å². The van der Waals surface area contributed by atoms with Crippen molar-refractivity contribution in [2.75, 3.05) is 5.32 Å². The standard InChI is InChI=1S/C19H20N4O3S/c1-11-12(2)27-18-17(11)19(26)23(10-21-18)9-16(25)20-8-14-4-6-15(7-5-14)22-13(3)24/h4-7,10H,8-9H2,1-3H3,(H,20,25)(H,22,24). The molecule has 2 heterocycles. The highest BCUT2D eigenvalue weighted by atomic mass is 32.1. The molecule has 2 aromatic heterocycles. The summed E-state index contributed by atoms with van der Waals surface area (Å²) in [4.78, 5) is 41.9. The van der Waals surface area contributed by atoms with Crippen LogP contribution in [0.15, 0.2) is 35.4 Å². The molecule has 3 rings (SSSR count). The molecule has 1 aromatic carbocycles. The first-order chi connectivity index (χ1) is 12.8. The fourth-order valence-electron chi connectivity index (χ4n) is 2.70. The lowest BCUT2D eigenvalue weighted by Gasteiger charge is -2.08. The van der Waals surface area contributed by atoms with E-state index in [0.717, 1.165) is 16.0 Å². The van der Waals surface area contributed by atoms with E-state index in [1.165, 1.54) is 29.2 Å². The van der Waals surface area contributed by atoms with Crippen molar-refractivity contribution in [3.8, 4) is 0 Å². The van der Waals surface area contributed by atoms with Crippen LogP contribution in [-0.4, -0.2) is 21.4 Å². The summed E-state index contributed by atoms with van der Waals surface area (Å²) in [6.07, 6.45) is 1.42. The Kier molecular flexibility index (Phi) is 5.36. The third-order valence-corrected chi connectivity index (χ3v) is 5.35. The third-order valence-electron chi connectivity index (χ3n) is 4.23. The Hall–Kier alpha value is -3.00. The Morgan fingerprint density at radius 1 is 1.19 bits per heavy atom. The van der Waals surface area contributed by atoms with Crippen molar-refractivity contribution in [3.63, 3.8) is 0 Å². The Morgan fingerprint density at radius 3 is 2.56 bits per heavy atom. The maximum Gasteiger partial charge on any atom is 0.262 e. The summed E-state index contributed by atoms with van der Waals surface area (Å²) in [5.41, 5.74) is 2.31. The largest absolute Gasteiger partial charge is 0.350 e. The van der Waals surface area contributed by atoms with Gasteiger partial charge in [0.05, 0.1) is 11.7 Å². The highest BCUT2D eigenvalue weighted by Gasteiger charge is 2.13. The molecule has 0 fully saturated rings. The molecule has 7 nitrogen and oxygen atoms in total. The summed E-state index contributed by atoms with van der Waals surface area (Å²) in [5, 5.41) is 6.06.